The zero-order chi connectivity index (χ0) is 16.8. The van der Waals surface area contributed by atoms with E-state index in [1.165, 1.54) is 0 Å². The molecule has 2 heterocycles. The number of aryl methyl sites for hydroxylation is 1. The maximum absolute atomic E-state index is 12.5. The van der Waals surface area contributed by atoms with E-state index in [9.17, 15) is 4.79 Å². The third-order valence-corrected chi connectivity index (χ3v) is 4.35. The Morgan fingerprint density at radius 2 is 2.21 bits per heavy atom. The maximum atomic E-state index is 12.5. The minimum absolute atomic E-state index is 0.0696. The van der Waals surface area contributed by atoms with Crippen LogP contribution in [0.4, 0.5) is 0 Å². The summed E-state index contributed by atoms with van der Waals surface area (Å²) in [7, 11) is 0. The van der Waals surface area contributed by atoms with Crippen LogP contribution in [0, 0.1) is 6.92 Å². The molecule has 128 valence electrons. The van der Waals surface area contributed by atoms with Gasteiger partial charge < -0.3 is 14.2 Å². The first-order chi connectivity index (χ1) is 11.7. The van der Waals surface area contributed by atoms with Crippen LogP contribution in [0.1, 0.15) is 48.7 Å². The van der Waals surface area contributed by atoms with Crippen molar-refractivity contribution in [1.29, 1.82) is 0 Å². The number of aromatic nitrogens is 1. The van der Waals surface area contributed by atoms with Gasteiger partial charge >= 0.3 is 0 Å². The van der Waals surface area contributed by atoms with E-state index in [0.717, 1.165) is 42.8 Å². The number of hydrogen-bond acceptors (Lipinski definition) is 4. The number of carbonyl (C=O) groups is 1. The zero-order valence-electron chi connectivity index (χ0n) is 14.1. The van der Waals surface area contributed by atoms with Crippen molar-refractivity contribution in [3.63, 3.8) is 0 Å². The quantitative estimate of drug-likeness (QED) is 0.728. The number of amides is 1. The predicted molar refractivity (Wildman–Crippen MR) is 90.3 cm³/mol. The molecule has 1 amide bonds. The molecule has 0 radical (unpaired) electrons. The Morgan fingerprint density at radius 1 is 1.38 bits per heavy atom. The molecular weight excluding hydrogens is 304 g/mol. The van der Waals surface area contributed by atoms with Crippen LogP contribution in [0.2, 0.25) is 0 Å². The lowest BCUT2D eigenvalue weighted by Crippen LogP contribution is -2.30. The Kier molecular flexibility index (Phi) is 5.64. The highest BCUT2D eigenvalue weighted by Crippen LogP contribution is 2.32. The fraction of sp³-hybridized carbons (Fsp3) is 0.474. The van der Waals surface area contributed by atoms with Crippen molar-refractivity contribution in [1.82, 2.24) is 10.1 Å². The topological polar surface area (TPSA) is 55.6 Å². The summed E-state index contributed by atoms with van der Waals surface area (Å²) in [6, 6.07) is 12.1. The number of ether oxygens (including phenoxy) is 1. The molecule has 1 aromatic carbocycles. The highest BCUT2D eigenvalue weighted by atomic mass is 16.5. The Morgan fingerprint density at radius 3 is 2.96 bits per heavy atom. The van der Waals surface area contributed by atoms with Gasteiger partial charge in [-0.2, -0.15) is 0 Å². The van der Waals surface area contributed by atoms with E-state index in [1.807, 2.05) is 48.2 Å². The Labute approximate surface area is 142 Å². The SMILES string of the molecule is Cc1cc(C2CCCN2C(=O)CCCOCc2ccccc2)no1. The zero-order valence-corrected chi connectivity index (χ0v) is 14.1. The molecule has 0 spiro atoms. The van der Waals surface area contributed by atoms with Gasteiger partial charge in [-0.1, -0.05) is 35.5 Å². The van der Waals surface area contributed by atoms with Crippen molar-refractivity contribution in [2.75, 3.05) is 13.2 Å². The van der Waals surface area contributed by atoms with Crippen molar-refractivity contribution >= 4 is 5.91 Å². The lowest BCUT2D eigenvalue weighted by atomic mass is 10.1. The van der Waals surface area contributed by atoms with E-state index in [2.05, 4.69) is 5.16 Å². The number of rotatable bonds is 7. The fourth-order valence-corrected chi connectivity index (χ4v) is 3.15. The molecular formula is C19H24N2O3. The highest BCUT2D eigenvalue weighted by Gasteiger charge is 2.31. The van der Waals surface area contributed by atoms with Gasteiger partial charge in [0, 0.05) is 25.6 Å². The van der Waals surface area contributed by atoms with Gasteiger partial charge in [0.25, 0.3) is 0 Å². The number of hydrogen-bond donors (Lipinski definition) is 0. The van der Waals surface area contributed by atoms with Crippen molar-refractivity contribution < 1.29 is 14.1 Å². The van der Waals surface area contributed by atoms with Crippen molar-refractivity contribution in [3.05, 3.63) is 53.4 Å². The molecule has 1 aromatic heterocycles. The average Bonchev–Trinajstić information content (AvgIpc) is 3.24. The van der Waals surface area contributed by atoms with Crippen molar-refractivity contribution in [2.24, 2.45) is 0 Å². The van der Waals surface area contributed by atoms with E-state index in [-0.39, 0.29) is 11.9 Å². The van der Waals surface area contributed by atoms with Crippen LogP contribution in [0.5, 0.6) is 0 Å². The predicted octanol–water partition coefficient (Wildman–Crippen LogP) is 3.64. The summed E-state index contributed by atoms with van der Waals surface area (Å²) in [6.45, 7) is 3.88. The molecule has 1 saturated heterocycles. The molecule has 3 rings (SSSR count). The minimum atomic E-state index is 0.0696. The highest BCUT2D eigenvalue weighted by molar-refractivity contribution is 5.77. The lowest BCUT2D eigenvalue weighted by molar-refractivity contribution is -0.132. The van der Waals surface area contributed by atoms with Gasteiger partial charge in [-0.15, -0.1) is 0 Å². The van der Waals surface area contributed by atoms with E-state index in [4.69, 9.17) is 9.26 Å². The molecule has 1 aliphatic rings. The molecule has 1 atom stereocenters. The molecule has 1 unspecified atom stereocenters. The molecule has 0 bridgehead atoms. The molecule has 1 fully saturated rings. The van der Waals surface area contributed by atoms with Crippen molar-refractivity contribution in [3.8, 4) is 0 Å². The monoisotopic (exact) mass is 328 g/mol. The normalized spacial score (nSPS) is 17.4. The van der Waals surface area contributed by atoms with Crippen LogP contribution in [-0.4, -0.2) is 29.1 Å². The molecule has 2 aromatic rings. The summed E-state index contributed by atoms with van der Waals surface area (Å²) in [6.07, 6.45) is 3.24. The minimum Gasteiger partial charge on any atom is -0.377 e. The molecule has 0 saturated carbocycles. The van der Waals surface area contributed by atoms with Gasteiger partial charge in [0.1, 0.15) is 11.5 Å². The van der Waals surface area contributed by atoms with Gasteiger partial charge in [0.05, 0.1) is 12.6 Å². The number of benzene rings is 1. The first-order valence-corrected chi connectivity index (χ1v) is 8.58. The number of carbonyl (C=O) groups excluding carboxylic acids is 1. The van der Waals surface area contributed by atoms with Crippen LogP contribution in [-0.2, 0) is 16.1 Å². The summed E-state index contributed by atoms with van der Waals surface area (Å²) in [4.78, 5) is 14.4. The van der Waals surface area contributed by atoms with Gasteiger partial charge in [-0.3, -0.25) is 4.79 Å². The van der Waals surface area contributed by atoms with Gasteiger partial charge in [-0.05, 0) is 31.7 Å². The molecule has 1 aliphatic heterocycles. The Balaban J connectivity index is 1.41. The second-order valence-corrected chi connectivity index (χ2v) is 6.25. The van der Waals surface area contributed by atoms with Gasteiger partial charge in [0.15, 0.2) is 0 Å². The molecule has 24 heavy (non-hydrogen) atoms. The first-order valence-electron chi connectivity index (χ1n) is 8.58. The van der Waals surface area contributed by atoms with E-state index in [1.54, 1.807) is 0 Å². The Bertz CT molecular complexity index is 654. The summed E-state index contributed by atoms with van der Waals surface area (Å²) in [5.74, 6) is 0.972. The third kappa shape index (κ3) is 4.23. The first kappa shape index (κ1) is 16.7. The van der Waals surface area contributed by atoms with Crippen LogP contribution in [0.3, 0.4) is 0 Å². The van der Waals surface area contributed by atoms with Crippen molar-refractivity contribution in [2.45, 2.75) is 45.3 Å². The van der Waals surface area contributed by atoms with Crippen LogP contribution >= 0.6 is 0 Å². The number of likely N-dealkylation sites (tertiary alicyclic amines) is 1. The molecule has 0 N–H and O–H groups in total. The largest absolute Gasteiger partial charge is 0.377 e. The van der Waals surface area contributed by atoms with Crippen LogP contribution in [0.25, 0.3) is 0 Å². The average molecular weight is 328 g/mol. The number of nitrogens with zero attached hydrogens (tertiary/aromatic N) is 2. The summed E-state index contributed by atoms with van der Waals surface area (Å²) >= 11 is 0. The van der Waals surface area contributed by atoms with Gasteiger partial charge in [-0.25, -0.2) is 0 Å². The summed E-state index contributed by atoms with van der Waals surface area (Å²) in [5.41, 5.74) is 2.03. The second-order valence-electron chi connectivity index (χ2n) is 6.25. The molecule has 5 heteroatoms. The van der Waals surface area contributed by atoms with E-state index in [0.29, 0.717) is 19.6 Å². The summed E-state index contributed by atoms with van der Waals surface area (Å²) < 4.78 is 10.8. The van der Waals surface area contributed by atoms with Gasteiger partial charge in [0.2, 0.25) is 5.91 Å². The van der Waals surface area contributed by atoms with E-state index < -0.39 is 0 Å². The van der Waals surface area contributed by atoms with Crippen LogP contribution in [0.15, 0.2) is 40.9 Å². The standard InChI is InChI=1S/C19H24N2O3/c1-15-13-17(20-24-15)18-9-5-11-21(18)19(22)10-6-12-23-14-16-7-3-2-4-8-16/h2-4,7-8,13,18H,5-6,9-12,14H2,1H3. The lowest BCUT2D eigenvalue weighted by Gasteiger charge is -2.23. The maximum Gasteiger partial charge on any atom is 0.223 e. The fourth-order valence-electron chi connectivity index (χ4n) is 3.15. The Hall–Kier alpha value is -2.14. The smallest absolute Gasteiger partial charge is 0.223 e. The van der Waals surface area contributed by atoms with E-state index >= 15 is 0 Å². The summed E-state index contributed by atoms with van der Waals surface area (Å²) in [5, 5.41) is 4.08. The molecule has 0 aliphatic carbocycles. The van der Waals surface area contributed by atoms with Crippen LogP contribution < -0.4 is 0 Å². The second kappa shape index (κ2) is 8.11. The third-order valence-electron chi connectivity index (χ3n) is 4.35. The molecule has 5 nitrogen and oxygen atoms in total.